The minimum Gasteiger partial charge on any atom is -0.379 e. The molecule has 6 heterocycles. The highest BCUT2D eigenvalue weighted by Gasteiger charge is 2.55. The average molecular weight is 1120 g/mol. The van der Waals surface area contributed by atoms with Gasteiger partial charge in [-0.15, -0.1) is 23.5 Å². The van der Waals surface area contributed by atoms with E-state index < -0.39 is 5.54 Å². The van der Waals surface area contributed by atoms with E-state index in [2.05, 4.69) is 92.8 Å². The van der Waals surface area contributed by atoms with E-state index in [1.165, 1.54) is 34.9 Å². The van der Waals surface area contributed by atoms with Gasteiger partial charge in [0.25, 0.3) is 5.91 Å². The number of aromatic nitrogens is 5. The molecule has 412 valence electrons. The zero-order chi connectivity index (χ0) is 54.5. The molecular weight excluding hydrogens is 1040 g/mol. The molecule has 8 rings (SSSR count). The number of ketones is 1. The second-order valence-electron chi connectivity index (χ2n) is 19.2. The first kappa shape index (κ1) is 60.5. The number of likely N-dealkylation sites (N-methyl/N-ethyl adjacent to an activating group) is 1. The van der Waals surface area contributed by atoms with Crippen molar-refractivity contribution in [1.82, 2.24) is 39.2 Å². The first-order valence-electron chi connectivity index (χ1n) is 26.0. The first-order valence-corrected chi connectivity index (χ1v) is 29.1. The minimum absolute atomic E-state index is 0.0710. The number of aryl methyl sites for hydroxylation is 2. The number of rotatable bonds is 25. The fourth-order valence-corrected chi connectivity index (χ4v) is 12.5. The quantitative estimate of drug-likeness (QED) is 0.0322. The van der Waals surface area contributed by atoms with Gasteiger partial charge in [0.05, 0.1) is 73.0 Å². The number of hydrogen-bond donors (Lipinski definition) is 2. The second kappa shape index (κ2) is 30.4. The van der Waals surface area contributed by atoms with E-state index in [1.54, 1.807) is 49.5 Å². The maximum Gasteiger partial charge on any atom is 0.259 e. The number of carbonyl (C=O) groups excluding carboxylic acids is 3. The monoisotopic (exact) mass is 1120 g/mol. The Labute approximate surface area is 467 Å². The molecule has 16 nitrogen and oxygen atoms in total. The van der Waals surface area contributed by atoms with E-state index in [0.717, 1.165) is 84.1 Å². The van der Waals surface area contributed by atoms with Gasteiger partial charge in [0.1, 0.15) is 23.6 Å². The van der Waals surface area contributed by atoms with Crippen molar-refractivity contribution in [3.63, 3.8) is 0 Å². The lowest BCUT2D eigenvalue weighted by atomic mass is 9.85. The summed E-state index contributed by atoms with van der Waals surface area (Å²) in [5.74, 6) is 1.81. The molecule has 3 N–H and O–H groups in total. The van der Waals surface area contributed by atoms with Crippen LogP contribution in [0, 0.1) is 6.92 Å². The molecule has 3 aromatic heterocycles. The van der Waals surface area contributed by atoms with E-state index in [9.17, 15) is 14.4 Å². The topological polar surface area (TPSA) is 177 Å². The number of aromatic amines is 1. The van der Waals surface area contributed by atoms with Crippen LogP contribution in [0.4, 0.5) is 5.82 Å². The van der Waals surface area contributed by atoms with Gasteiger partial charge in [-0.2, -0.15) is 0 Å². The molecule has 2 unspecified atom stereocenters. The molecule has 76 heavy (non-hydrogen) atoms. The van der Waals surface area contributed by atoms with Gasteiger partial charge in [-0.25, -0.2) is 15.0 Å². The Bertz CT molecular complexity index is 2620. The lowest BCUT2D eigenvalue weighted by Gasteiger charge is -2.38. The molecule has 3 saturated heterocycles. The number of nitrogens with two attached hydrogens (primary N) is 1. The van der Waals surface area contributed by atoms with Crippen LogP contribution < -0.4 is 10.6 Å². The summed E-state index contributed by atoms with van der Waals surface area (Å²) in [6.07, 6.45) is 12.8. The molecule has 0 aliphatic carbocycles. The van der Waals surface area contributed by atoms with E-state index in [0.29, 0.717) is 75.6 Å². The Morgan fingerprint density at radius 1 is 0.934 bits per heavy atom. The third-order valence-corrected chi connectivity index (χ3v) is 18.1. The summed E-state index contributed by atoms with van der Waals surface area (Å²) in [6.45, 7) is 22.8. The maximum absolute atomic E-state index is 12.8. The Morgan fingerprint density at radius 2 is 1.62 bits per heavy atom. The molecule has 3 aliphatic rings. The molecule has 2 aromatic carbocycles. The van der Waals surface area contributed by atoms with Crippen molar-refractivity contribution in [3.8, 4) is 0 Å². The SMILES string of the molecule is C=C(SCc1ccccc1C)SC(=C)C(=O)N(C)CCOCCOCCOCCC(=O)N1CCN(CCC2(c3ccc(Cl)cc3)SC2CC)CC1.CC(=O)C1(N)CCN(c2ncnc3[nH]ccc23)CC1.Cn1ccnc1. The molecule has 0 saturated carbocycles. The molecule has 2 atom stereocenters. The van der Waals surface area contributed by atoms with Crippen LogP contribution in [0.15, 0.2) is 108 Å². The highest BCUT2D eigenvalue weighted by Crippen LogP contribution is 2.64. The summed E-state index contributed by atoms with van der Waals surface area (Å²) in [7, 11) is 3.68. The predicted molar refractivity (Wildman–Crippen MR) is 312 cm³/mol. The lowest BCUT2D eigenvalue weighted by molar-refractivity contribution is -0.134. The number of ether oxygens (including phenoxy) is 3. The smallest absolute Gasteiger partial charge is 0.259 e. The highest BCUT2D eigenvalue weighted by molar-refractivity contribution is 8.24. The van der Waals surface area contributed by atoms with Crippen molar-refractivity contribution in [2.45, 2.75) is 74.2 Å². The zero-order valence-corrected chi connectivity index (χ0v) is 48.1. The number of hydrogen-bond acceptors (Lipinski definition) is 15. The molecule has 20 heteroatoms. The number of carbonyl (C=O) groups is 3. The van der Waals surface area contributed by atoms with Gasteiger partial charge in [0.2, 0.25) is 5.91 Å². The average Bonchev–Trinajstić information content (AvgIpc) is 3.67. The van der Waals surface area contributed by atoms with Crippen molar-refractivity contribution in [2.24, 2.45) is 12.8 Å². The summed E-state index contributed by atoms with van der Waals surface area (Å²) >= 11 is 11.2. The number of anilines is 1. The van der Waals surface area contributed by atoms with Crippen molar-refractivity contribution in [3.05, 3.63) is 130 Å². The summed E-state index contributed by atoms with van der Waals surface area (Å²) < 4.78 is 19.8. The molecule has 0 spiro atoms. The van der Waals surface area contributed by atoms with Crippen molar-refractivity contribution in [1.29, 1.82) is 0 Å². The number of piperazine rings is 1. The van der Waals surface area contributed by atoms with Crippen LogP contribution in [-0.4, -0.2) is 167 Å². The van der Waals surface area contributed by atoms with Crippen molar-refractivity contribution < 1.29 is 28.6 Å². The van der Waals surface area contributed by atoms with Crippen molar-refractivity contribution in [2.75, 3.05) is 104 Å². The molecule has 2 amide bonds. The largest absolute Gasteiger partial charge is 0.379 e. The second-order valence-corrected chi connectivity index (χ2v) is 23.7. The Kier molecular flexibility index (Phi) is 24.2. The number of piperidine rings is 1. The normalized spacial score (nSPS) is 18.0. The number of thioether (sulfide) groups is 3. The number of amides is 2. The standard InChI is InChI=1S/C39H54ClN3O5S3.C13H17N5O.C4H6N2/c1-6-36-39(51-36,34-11-13-35(40)14-12-34)16-17-42-18-20-43(21-19-42)37(44)15-23-46-25-27-48-28-26-47-24-22-41(5)38(45)31(3)50-32(4)49-29-33-10-8-7-9-30(33)2;1-9(19)13(14)3-6-18(7-4-13)12-10-2-5-15-11(10)16-8-17-12;1-6-3-2-5-4-6/h7-14,36H,3-4,6,15-29H2,1-2,5H3;2,5,8H,3-4,6-7,14H2,1H3,(H,15,16,17);2-4H,1H3. The molecule has 3 aliphatic heterocycles. The summed E-state index contributed by atoms with van der Waals surface area (Å²) in [6, 6.07) is 18.6. The van der Waals surface area contributed by atoms with Crippen LogP contribution >= 0.6 is 46.9 Å². The van der Waals surface area contributed by atoms with Gasteiger partial charge in [0, 0.05) is 98.8 Å². The summed E-state index contributed by atoms with van der Waals surface area (Å²) in [5.41, 5.74) is 10.2. The van der Waals surface area contributed by atoms with Gasteiger partial charge in [-0.05, 0) is 81.0 Å². The van der Waals surface area contributed by atoms with Gasteiger partial charge in [-0.1, -0.05) is 79.8 Å². The Balaban J connectivity index is 0.000000302. The van der Waals surface area contributed by atoms with Gasteiger partial charge >= 0.3 is 0 Å². The first-order chi connectivity index (χ1) is 36.6. The Hall–Kier alpha value is -4.70. The van der Waals surface area contributed by atoms with Crippen LogP contribution in [0.25, 0.3) is 11.0 Å². The number of imidazole rings is 1. The fourth-order valence-electron chi connectivity index (χ4n) is 8.95. The number of benzene rings is 2. The predicted octanol–water partition coefficient (Wildman–Crippen LogP) is 8.72. The third-order valence-electron chi connectivity index (χ3n) is 13.9. The van der Waals surface area contributed by atoms with Crippen molar-refractivity contribution >= 4 is 81.3 Å². The number of Topliss-reactive ketones (excluding diaryl/α,β-unsaturated/α-hetero) is 1. The van der Waals surface area contributed by atoms with E-state index in [4.69, 9.17) is 31.5 Å². The van der Waals surface area contributed by atoms with Gasteiger partial charge in [-0.3, -0.25) is 19.3 Å². The molecule has 0 radical (unpaired) electrons. The van der Waals surface area contributed by atoms with Crippen LogP contribution in [-0.2, 0) is 46.1 Å². The van der Waals surface area contributed by atoms with E-state index in [-0.39, 0.29) is 22.3 Å². The Morgan fingerprint density at radius 3 is 2.24 bits per heavy atom. The van der Waals surface area contributed by atoms with Crippen LogP contribution in [0.1, 0.15) is 62.6 Å². The highest BCUT2D eigenvalue weighted by atomic mass is 35.5. The summed E-state index contributed by atoms with van der Waals surface area (Å²) in [5, 5.41) is 2.46. The van der Waals surface area contributed by atoms with Gasteiger partial charge < -0.3 is 44.2 Å². The maximum atomic E-state index is 12.8. The van der Waals surface area contributed by atoms with Crippen LogP contribution in [0.5, 0.6) is 0 Å². The molecule has 0 bridgehead atoms. The summed E-state index contributed by atoms with van der Waals surface area (Å²) in [4.78, 5) is 61.1. The van der Waals surface area contributed by atoms with E-state index >= 15 is 0 Å². The van der Waals surface area contributed by atoms with E-state index in [1.807, 2.05) is 59.2 Å². The third kappa shape index (κ3) is 18.2. The minimum atomic E-state index is -0.666. The number of nitrogens with one attached hydrogen (secondary N) is 1. The molecule has 5 aromatic rings. The van der Waals surface area contributed by atoms with Crippen LogP contribution in [0.2, 0.25) is 5.02 Å². The molecule has 3 fully saturated rings. The number of halogens is 1. The number of H-pyrrole nitrogens is 1. The number of nitrogens with zero attached hydrogens (tertiary/aromatic N) is 8. The zero-order valence-electron chi connectivity index (χ0n) is 44.9. The lowest BCUT2D eigenvalue weighted by Crippen LogP contribution is -2.55. The fraction of sp³-hybridized carbons (Fsp3) is 0.500. The van der Waals surface area contributed by atoms with Gasteiger partial charge in [0.15, 0.2) is 0 Å². The number of fused-ring (bicyclic) bond motifs is 1. The van der Waals surface area contributed by atoms with Crippen LogP contribution in [0.3, 0.4) is 0 Å². The molecular formula is C56H77ClN10O6S3.